The standard InChI is InChI=1S/C21H16N4O/c26-21(24-20-10-4-9-19-18(20)8-5-13-22-19)12-11-16-14-23-25(15-16)17-6-2-1-3-7-17/h1-15H,(H,24,26)/b12-11+. The van der Waals surface area contributed by atoms with Crippen LogP contribution in [0.2, 0.25) is 0 Å². The fourth-order valence-electron chi connectivity index (χ4n) is 2.70. The van der Waals surface area contributed by atoms with Gasteiger partial charge in [-0.3, -0.25) is 9.78 Å². The number of anilines is 1. The molecule has 0 spiro atoms. The van der Waals surface area contributed by atoms with Gasteiger partial charge in [-0.1, -0.05) is 24.3 Å². The summed E-state index contributed by atoms with van der Waals surface area (Å²) in [6.45, 7) is 0. The first-order valence-corrected chi connectivity index (χ1v) is 8.22. The van der Waals surface area contributed by atoms with Gasteiger partial charge in [-0.05, 0) is 42.5 Å². The number of hydrogen-bond acceptors (Lipinski definition) is 3. The molecule has 126 valence electrons. The van der Waals surface area contributed by atoms with Crippen LogP contribution in [0.25, 0.3) is 22.7 Å². The highest BCUT2D eigenvalue weighted by Crippen LogP contribution is 2.21. The first-order valence-electron chi connectivity index (χ1n) is 8.22. The molecule has 0 aliphatic heterocycles. The molecule has 2 heterocycles. The summed E-state index contributed by atoms with van der Waals surface area (Å²) in [6.07, 6.45) is 8.57. The number of para-hydroxylation sites is 1. The summed E-state index contributed by atoms with van der Waals surface area (Å²) in [5.41, 5.74) is 3.41. The molecule has 2 aromatic carbocycles. The highest BCUT2D eigenvalue weighted by Gasteiger charge is 2.04. The van der Waals surface area contributed by atoms with Crippen molar-refractivity contribution in [1.29, 1.82) is 0 Å². The second-order valence-corrected chi connectivity index (χ2v) is 5.75. The lowest BCUT2D eigenvalue weighted by molar-refractivity contribution is -0.111. The Morgan fingerprint density at radius 2 is 1.88 bits per heavy atom. The van der Waals surface area contributed by atoms with Gasteiger partial charge in [0, 0.05) is 29.4 Å². The number of hydrogen-bond donors (Lipinski definition) is 1. The van der Waals surface area contributed by atoms with Crippen molar-refractivity contribution in [2.24, 2.45) is 0 Å². The summed E-state index contributed by atoms with van der Waals surface area (Å²) in [7, 11) is 0. The highest BCUT2D eigenvalue weighted by molar-refractivity contribution is 6.06. The average Bonchev–Trinajstić information content (AvgIpc) is 3.17. The van der Waals surface area contributed by atoms with E-state index in [-0.39, 0.29) is 5.91 Å². The van der Waals surface area contributed by atoms with Crippen LogP contribution in [0.15, 0.2) is 85.3 Å². The molecule has 1 N–H and O–H groups in total. The number of aromatic nitrogens is 3. The van der Waals surface area contributed by atoms with Crippen molar-refractivity contribution in [3.05, 3.63) is 90.9 Å². The summed E-state index contributed by atoms with van der Waals surface area (Å²) in [5, 5.41) is 8.13. The Labute approximate surface area is 150 Å². The maximum Gasteiger partial charge on any atom is 0.248 e. The van der Waals surface area contributed by atoms with E-state index in [9.17, 15) is 4.79 Å². The van der Waals surface area contributed by atoms with Crippen molar-refractivity contribution in [3.63, 3.8) is 0 Å². The number of carbonyl (C=O) groups is 1. The fourth-order valence-corrected chi connectivity index (χ4v) is 2.70. The van der Waals surface area contributed by atoms with Crippen molar-refractivity contribution in [1.82, 2.24) is 14.8 Å². The molecular weight excluding hydrogens is 324 g/mol. The van der Waals surface area contributed by atoms with Crippen molar-refractivity contribution >= 4 is 28.6 Å². The molecule has 0 saturated heterocycles. The van der Waals surface area contributed by atoms with E-state index in [1.54, 1.807) is 23.2 Å². The van der Waals surface area contributed by atoms with E-state index in [4.69, 9.17) is 0 Å². The zero-order valence-electron chi connectivity index (χ0n) is 13.9. The molecule has 4 aromatic rings. The van der Waals surface area contributed by atoms with E-state index in [1.807, 2.05) is 66.9 Å². The molecule has 5 nitrogen and oxygen atoms in total. The van der Waals surface area contributed by atoms with Crippen molar-refractivity contribution in [2.45, 2.75) is 0 Å². The number of pyridine rings is 1. The molecule has 26 heavy (non-hydrogen) atoms. The summed E-state index contributed by atoms with van der Waals surface area (Å²) >= 11 is 0. The van der Waals surface area contributed by atoms with Gasteiger partial charge < -0.3 is 5.32 Å². The predicted octanol–water partition coefficient (Wildman–Crippen LogP) is 4.07. The molecule has 2 aromatic heterocycles. The normalized spacial score (nSPS) is 11.1. The maximum atomic E-state index is 12.3. The quantitative estimate of drug-likeness (QED) is 0.570. The number of benzene rings is 2. The molecule has 0 aliphatic rings. The predicted molar refractivity (Wildman–Crippen MR) is 103 cm³/mol. The van der Waals surface area contributed by atoms with Gasteiger partial charge >= 0.3 is 0 Å². The Bertz CT molecular complexity index is 1080. The first-order chi connectivity index (χ1) is 12.8. The Morgan fingerprint density at radius 3 is 2.77 bits per heavy atom. The summed E-state index contributed by atoms with van der Waals surface area (Å²) in [5.74, 6) is -0.200. The Morgan fingerprint density at radius 1 is 1.00 bits per heavy atom. The SMILES string of the molecule is O=C(/C=C/c1cnn(-c2ccccc2)c1)Nc1cccc2ncccc12. The molecule has 4 rings (SSSR count). The number of rotatable bonds is 4. The van der Waals surface area contributed by atoms with E-state index in [0.29, 0.717) is 0 Å². The van der Waals surface area contributed by atoms with E-state index >= 15 is 0 Å². The van der Waals surface area contributed by atoms with Crippen LogP contribution in [0.5, 0.6) is 0 Å². The van der Waals surface area contributed by atoms with Crippen LogP contribution in [-0.4, -0.2) is 20.7 Å². The summed E-state index contributed by atoms with van der Waals surface area (Å²) in [4.78, 5) is 16.6. The molecule has 0 radical (unpaired) electrons. The molecule has 0 fully saturated rings. The van der Waals surface area contributed by atoms with Crippen molar-refractivity contribution < 1.29 is 4.79 Å². The molecule has 0 saturated carbocycles. The average molecular weight is 340 g/mol. The molecule has 1 amide bonds. The smallest absolute Gasteiger partial charge is 0.248 e. The zero-order valence-corrected chi connectivity index (χ0v) is 13.9. The van der Waals surface area contributed by atoms with Gasteiger partial charge in [-0.15, -0.1) is 0 Å². The third-order valence-corrected chi connectivity index (χ3v) is 3.95. The minimum absolute atomic E-state index is 0.200. The lowest BCUT2D eigenvalue weighted by atomic mass is 10.2. The van der Waals surface area contributed by atoms with Crippen molar-refractivity contribution in [2.75, 3.05) is 5.32 Å². The van der Waals surface area contributed by atoms with E-state index in [1.165, 1.54) is 6.08 Å². The monoisotopic (exact) mass is 340 g/mol. The highest BCUT2D eigenvalue weighted by atomic mass is 16.1. The van der Waals surface area contributed by atoms with Gasteiger partial charge in [0.2, 0.25) is 5.91 Å². The van der Waals surface area contributed by atoms with Crippen LogP contribution < -0.4 is 5.32 Å². The van der Waals surface area contributed by atoms with Gasteiger partial charge in [0.1, 0.15) is 0 Å². The number of nitrogens with one attached hydrogen (secondary N) is 1. The number of nitrogens with zero attached hydrogens (tertiary/aromatic N) is 3. The summed E-state index contributed by atoms with van der Waals surface area (Å²) in [6, 6.07) is 19.3. The van der Waals surface area contributed by atoms with Crippen LogP contribution in [-0.2, 0) is 4.79 Å². The molecule has 5 heteroatoms. The zero-order chi connectivity index (χ0) is 17.8. The number of carbonyl (C=O) groups excluding carboxylic acids is 1. The molecule has 0 atom stereocenters. The van der Waals surface area contributed by atoms with Crippen LogP contribution in [0.1, 0.15) is 5.56 Å². The lowest BCUT2D eigenvalue weighted by Crippen LogP contribution is -2.08. The first kappa shape index (κ1) is 15.8. The Hall–Kier alpha value is -3.73. The van der Waals surface area contributed by atoms with Crippen molar-refractivity contribution in [3.8, 4) is 5.69 Å². The largest absolute Gasteiger partial charge is 0.322 e. The van der Waals surface area contributed by atoms with Gasteiger partial charge in [0.05, 0.1) is 23.1 Å². The lowest BCUT2D eigenvalue weighted by Gasteiger charge is -2.05. The van der Waals surface area contributed by atoms with Crippen LogP contribution in [0, 0.1) is 0 Å². The minimum Gasteiger partial charge on any atom is -0.322 e. The van der Waals surface area contributed by atoms with E-state index < -0.39 is 0 Å². The second-order valence-electron chi connectivity index (χ2n) is 5.75. The number of fused-ring (bicyclic) bond motifs is 1. The van der Waals surface area contributed by atoms with Gasteiger partial charge in [-0.25, -0.2) is 4.68 Å². The van der Waals surface area contributed by atoms with Gasteiger partial charge in [0.15, 0.2) is 0 Å². The van der Waals surface area contributed by atoms with Crippen LogP contribution >= 0.6 is 0 Å². The van der Waals surface area contributed by atoms with Crippen LogP contribution in [0.4, 0.5) is 5.69 Å². The van der Waals surface area contributed by atoms with Crippen LogP contribution in [0.3, 0.4) is 0 Å². The molecule has 0 aliphatic carbocycles. The maximum absolute atomic E-state index is 12.3. The molecular formula is C21H16N4O. The summed E-state index contributed by atoms with van der Waals surface area (Å²) < 4.78 is 1.77. The fraction of sp³-hybridized carbons (Fsp3) is 0. The van der Waals surface area contributed by atoms with E-state index in [2.05, 4.69) is 15.4 Å². The van der Waals surface area contributed by atoms with Gasteiger partial charge in [-0.2, -0.15) is 5.10 Å². The topological polar surface area (TPSA) is 59.8 Å². The minimum atomic E-state index is -0.200. The Kier molecular flexibility index (Phi) is 4.26. The third-order valence-electron chi connectivity index (χ3n) is 3.95. The molecule has 0 bridgehead atoms. The molecule has 0 unspecified atom stereocenters. The van der Waals surface area contributed by atoms with Gasteiger partial charge in [0.25, 0.3) is 0 Å². The Balaban J connectivity index is 1.49. The third kappa shape index (κ3) is 3.37. The van der Waals surface area contributed by atoms with E-state index in [0.717, 1.165) is 27.8 Å². The number of amides is 1. The second kappa shape index (κ2) is 7.03.